The van der Waals surface area contributed by atoms with Gasteiger partial charge in [0.05, 0.1) is 11.4 Å². The molecule has 0 bridgehead atoms. The van der Waals surface area contributed by atoms with E-state index in [9.17, 15) is 0 Å². The Labute approximate surface area is 298 Å². The first-order valence-corrected chi connectivity index (χ1v) is 16.6. The third-order valence-corrected chi connectivity index (χ3v) is 8.63. The normalized spacial score (nSPS) is 10.4. The minimum atomic E-state index is 0. The van der Waals surface area contributed by atoms with Gasteiger partial charge in [0.15, 0.2) is 0 Å². The number of hydrogen-bond donors (Lipinski definition) is 0. The van der Waals surface area contributed by atoms with Crippen LogP contribution in [0.1, 0.15) is 7.43 Å². The summed E-state index contributed by atoms with van der Waals surface area (Å²) in [5.74, 6) is 0. The lowest BCUT2D eigenvalue weighted by Gasteiger charge is -2.27. The summed E-state index contributed by atoms with van der Waals surface area (Å²) >= 11 is 0. The average molecular weight is 662 g/mol. The standard InChI is InChI=1S/C44H32N2.CH4.BHNP/c1-3-17-37(18-4-1)45(43-23-11-15-35-13-7-9-21-41(35)43)39-29-25-33(26-30-39)34-27-31-40(32-28-34)46(38-19-5-2-6-20-38)44-24-12-16-36-14-8-10-22-42(36)44;;1-2-3/h1-32H;1H4;3H. The van der Waals surface area contributed by atoms with Crippen molar-refractivity contribution in [2.45, 2.75) is 7.43 Å². The molecule has 50 heavy (non-hydrogen) atoms. The number of anilines is 6. The topological polar surface area (TPSA) is 18.8 Å². The summed E-state index contributed by atoms with van der Waals surface area (Å²) in [6.07, 6.45) is 0. The van der Waals surface area contributed by atoms with Crippen molar-refractivity contribution in [1.82, 2.24) is 0 Å². The summed E-state index contributed by atoms with van der Waals surface area (Å²) < 4.78 is 2.81. The maximum absolute atomic E-state index is 4.39. The van der Waals surface area contributed by atoms with Crippen LogP contribution in [0.2, 0.25) is 0 Å². The summed E-state index contributed by atoms with van der Waals surface area (Å²) in [4.78, 5) is 4.69. The maximum atomic E-state index is 4.39. The van der Waals surface area contributed by atoms with Crippen LogP contribution in [0.5, 0.6) is 0 Å². The van der Waals surface area contributed by atoms with E-state index in [0.717, 1.165) is 34.1 Å². The van der Waals surface area contributed by atoms with Gasteiger partial charge in [-0.05, 0) is 91.6 Å². The van der Waals surface area contributed by atoms with Crippen LogP contribution in [-0.4, -0.2) is 7.98 Å². The monoisotopic (exact) mass is 661 g/mol. The Morgan fingerprint density at radius 2 is 0.660 bits per heavy atom. The summed E-state index contributed by atoms with van der Waals surface area (Å²) in [6, 6.07) is 69.2. The number of rotatable bonds is 7. The first-order chi connectivity index (χ1) is 24.2. The van der Waals surface area contributed by atoms with Gasteiger partial charge in [-0.2, -0.15) is 0 Å². The molecule has 0 aliphatic heterocycles. The second kappa shape index (κ2) is 16.0. The third-order valence-electron chi connectivity index (χ3n) is 8.63. The molecule has 8 rings (SSSR count). The highest BCUT2D eigenvalue weighted by molar-refractivity contribution is 7.05. The molecule has 0 aliphatic carbocycles. The Morgan fingerprint density at radius 3 is 1.04 bits per heavy atom. The van der Waals surface area contributed by atoms with Crippen molar-refractivity contribution >= 4 is 72.7 Å². The lowest BCUT2D eigenvalue weighted by Crippen LogP contribution is -2.10. The highest BCUT2D eigenvalue weighted by Crippen LogP contribution is 2.41. The van der Waals surface area contributed by atoms with Crippen LogP contribution >= 0.6 is 9.03 Å². The molecule has 3 nitrogen and oxygen atoms in total. The summed E-state index contributed by atoms with van der Waals surface area (Å²) in [6.45, 7) is 0. The molecule has 240 valence electrons. The van der Waals surface area contributed by atoms with Gasteiger partial charge in [-0.15, -0.1) is 0 Å². The minimum Gasteiger partial charge on any atom is -0.344 e. The Hall–Kier alpha value is -5.96. The molecular formula is C45H37BN3P. The summed E-state index contributed by atoms with van der Waals surface area (Å²) in [7, 11) is 6.97. The fourth-order valence-electron chi connectivity index (χ4n) is 6.42. The van der Waals surface area contributed by atoms with Crippen molar-refractivity contribution in [2.75, 3.05) is 9.80 Å². The van der Waals surface area contributed by atoms with E-state index in [1.807, 2.05) is 0 Å². The molecule has 0 saturated carbocycles. The Morgan fingerprint density at radius 1 is 0.360 bits per heavy atom. The molecule has 0 spiro atoms. The van der Waals surface area contributed by atoms with Gasteiger partial charge >= 0.3 is 0 Å². The van der Waals surface area contributed by atoms with E-state index in [1.54, 1.807) is 0 Å². The molecule has 0 aliphatic rings. The number of nitrogens with zero attached hydrogens (tertiary/aromatic N) is 3. The van der Waals surface area contributed by atoms with Gasteiger partial charge in [0.2, 0.25) is 0 Å². The summed E-state index contributed by atoms with van der Waals surface area (Å²) in [5.41, 5.74) is 9.18. The molecule has 8 aromatic rings. The van der Waals surface area contributed by atoms with Crippen molar-refractivity contribution in [3.8, 4) is 11.1 Å². The SMILES string of the molecule is C.[B]N=P.c1ccc(N(c2ccc(-c3ccc(N(c4ccccc4)c4cccc5ccccc45)cc3)cc2)c2cccc3ccccc23)cc1. The lowest BCUT2D eigenvalue weighted by molar-refractivity contribution is 1.29. The average Bonchev–Trinajstić information content (AvgIpc) is 3.17. The predicted octanol–water partition coefficient (Wildman–Crippen LogP) is 13.6. The Bertz CT molecular complexity index is 2130. The molecule has 0 amide bonds. The molecule has 8 aromatic carbocycles. The molecule has 0 saturated heterocycles. The van der Waals surface area contributed by atoms with Crippen molar-refractivity contribution < 1.29 is 0 Å². The van der Waals surface area contributed by atoms with Crippen LogP contribution in [0.4, 0.5) is 34.1 Å². The van der Waals surface area contributed by atoms with Crippen molar-refractivity contribution in [3.63, 3.8) is 0 Å². The van der Waals surface area contributed by atoms with E-state index in [4.69, 9.17) is 0 Å². The highest BCUT2D eigenvalue weighted by Gasteiger charge is 2.17. The lowest BCUT2D eigenvalue weighted by atomic mass is 10.0. The molecule has 0 atom stereocenters. The fourth-order valence-corrected chi connectivity index (χ4v) is 6.42. The Kier molecular flexibility index (Phi) is 10.8. The number of para-hydroxylation sites is 2. The van der Waals surface area contributed by atoms with Crippen molar-refractivity contribution in [2.24, 2.45) is 4.66 Å². The van der Waals surface area contributed by atoms with Crippen LogP contribution in [0.3, 0.4) is 0 Å². The second-order valence-corrected chi connectivity index (χ2v) is 11.8. The van der Waals surface area contributed by atoms with Crippen LogP contribution in [0.25, 0.3) is 32.7 Å². The zero-order valence-electron chi connectivity index (χ0n) is 26.9. The van der Waals surface area contributed by atoms with E-state index in [0.29, 0.717) is 0 Å². The van der Waals surface area contributed by atoms with Gasteiger partial charge < -0.3 is 14.5 Å². The second-order valence-electron chi connectivity index (χ2n) is 11.6. The number of hydrogen-bond acceptors (Lipinski definition) is 3. The molecule has 0 N–H and O–H groups in total. The van der Waals surface area contributed by atoms with Crippen LogP contribution < -0.4 is 9.80 Å². The first-order valence-electron chi connectivity index (χ1n) is 16.2. The first kappa shape index (κ1) is 33.9. The molecule has 0 fully saturated rings. The van der Waals surface area contributed by atoms with Gasteiger partial charge in [-0.25, -0.2) is 0 Å². The predicted molar refractivity (Wildman–Crippen MR) is 219 cm³/mol. The Balaban J connectivity index is 0.00000104. The van der Waals surface area contributed by atoms with E-state index in [-0.39, 0.29) is 7.43 Å². The fraction of sp³-hybridized carbons (Fsp3) is 0.0222. The van der Waals surface area contributed by atoms with Gasteiger partial charge in [0, 0.05) is 33.5 Å². The van der Waals surface area contributed by atoms with Crippen LogP contribution in [0, 0.1) is 0 Å². The highest BCUT2D eigenvalue weighted by atomic mass is 31.0. The molecule has 2 radical (unpaired) electrons. The zero-order valence-corrected chi connectivity index (χ0v) is 27.9. The minimum absolute atomic E-state index is 0. The van der Waals surface area contributed by atoms with E-state index in [1.165, 1.54) is 32.7 Å². The summed E-state index contributed by atoms with van der Waals surface area (Å²) in [5, 5.41) is 4.90. The molecule has 0 aromatic heterocycles. The van der Waals surface area contributed by atoms with Gasteiger partial charge in [0.1, 0.15) is 0 Å². The maximum Gasteiger partial charge on any atom is 0.265 e. The van der Waals surface area contributed by atoms with Gasteiger partial charge in [0.25, 0.3) is 7.98 Å². The van der Waals surface area contributed by atoms with E-state index >= 15 is 0 Å². The quantitative estimate of drug-likeness (QED) is 0.125. The molecule has 0 unspecified atom stereocenters. The van der Waals surface area contributed by atoms with Crippen LogP contribution in [-0.2, 0) is 0 Å². The number of fused-ring (bicyclic) bond motifs is 2. The van der Waals surface area contributed by atoms with E-state index < -0.39 is 0 Å². The van der Waals surface area contributed by atoms with Crippen molar-refractivity contribution in [3.05, 3.63) is 194 Å². The van der Waals surface area contributed by atoms with Crippen LogP contribution in [0.15, 0.2) is 199 Å². The molecular weight excluding hydrogens is 624 g/mol. The molecule has 0 heterocycles. The van der Waals surface area contributed by atoms with Gasteiger partial charge in [-0.1, -0.05) is 141 Å². The number of benzene rings is 8. The third kappa shape index (κ3) is 7.08. The van der Waals surface area contributed by atoms with E-state index in [2.05, 4.69) is 226 Å². The smallest absolute Gasteiger partial charge is 0.265 e. The largest absolute Gasteiger partial charge is 0.344 e. The van der Waals surface area contributed by atoms with Crippen molar-refractivity contribution in [1.29, 1.82) is 0 Å². The van der Waals surface area contributed by atoms with Gasteiger partial charge in [-0.3, -0.25) is 0 Å². The molecule has 5 heteroatoms. The zero-order chi connectivity index (χ0) is 33.4.